The van der Waals surface area contributed by atoms with Gasteiger partial charge >= 0.3 is 0 Å². The van der Waals surface area contributed by atoms with Crippen molar-refractivity contribution in [2.45, 2.75) is 37.6 Å². The van der Waals surface area contributed by atoms with Gasteiger partial charge in [0, 0.05) is 6.04 Å². The number of hydrogen-bond acceptors (Lipinski definition) is 3. The molecule has 0 fully saturated rings. The fraction of sp³-hybridized carbons (Fsp3) is 0.500. The highest BCUT2D eigenvalue weighted by Gasteiger charge is 2.27. The van der Waals surface area contributed by atoms with Crippen LogP contribution in [0.15, 0.2) is 17.0 Å². The molecule has 2 N–H and O–H groups in total. The predicted octanol–water partition coefficient (Wildman–Crippen LogP) is 1.87. The van der Waals surface area contributed by atoms with Gasteiger partial charge in [-0.25, -0.2) is 8.42 Å². The molecule has 3 nitrogen and oxygen atoms in total. The summed E-state index contributed by atoms with van der Waals surface area (Å²) in [6, 6.07) is 3.68. The van der Waals surface area contributed by atoms with E-state index < -0.39 is 9.84 Å². The van der Waals surface area contributed by atoms with E-state index in [9.17, 15) is 8.42 Å². The van der Waals surface area contributed by atoms with Gasteiger partial charge in [0.1, 0.15) is 0 Å². The van der Waals surface area contributed by atoms with Gasteiger partial charge in [0.25, 0.3) is 0 Å². The first-order valence-corrected chi connectivity index (χ1v) is 7.16. The Morgan fingerprint density at radius 3 is 2.69 bits per heavy atom. The molecule has 0 saturated carbocycles. The van der Waals surface area contributed by atoms with Gasteiger partial charge < -0.3 is 5.73 Å². The first kappa shape index (κ1) is 11.6. The maximum atomic E-state index is 12.1. The predicted molar refractivity (Wildman–Crippen MR) is 64.1 cm³/mol. The lowest BCUT2D eigenvalue weighted by Crippen LogP contribution is -2.13. The Balaban J connectivity index is 2.77. The van der Waals surface area contributed by atoms with Crippen molar-refractivity contribution in [1.29, 1.82) is 0 Å². The third kappa shape index (κ3) is 1.87. The molecule has 1 atom stereocenters. The van der Waals surface area contributed by atoms with E-state index in [4.69, 9.17) is 5.73 Å². The molecular weight excluding hydrogens is 222 g/mol. The highest BCUT2D eigenvalue weighted by atomic mass is 32.2. The Bertz CT molecular complexity index is 520. The minimum atomic E-state index is -3.14. The topological polar surface area (TPSA) is 60.2 Å². The zero-order chi connectivity index (χ0) is 11.9. The average Bonchev–Trinajstić information content (AvgIpc) is 2.24. The summed E-state index contributed by atoms with van der Waals surface area (Å²) in [4.78, 5) is 0.475. The van der Waals surface area contributed by atoms with Crippen molar-refractivity contribution in [3.63, 3.8) is 0 Å². The Labute approximate surface area is 96.6 Å². The van der Waals surface area contributed by atoms with Crippen molar-refractivity contribution >= 4 is 9.84 Å². The number of aryl methyl sites for hydroxylation is 2. The summed E-state index contributed by atoms with van der Waals surface area (Å²) in [6.07, 6.45) is 1.39. The molecule has 1 aliphatic heterocycles. The number of sulfone groups is 1. The van der Waals surface area contributed by atoms with Crippen LogP contribution in [0.2, 0.25) is 0 Å². The second-order valence-electron chi connectivity index (χ2n) is 4.57. The van der Waals surface area contributed by atoms with Crippen molar-refractivity contribution in [2.75, 3.05) is 5.75 Å². The number of benzene rings is 1. The SMILES string of the molecule is Cc1cc(C)c2c(c1)C(N)CCCS2(=O)=O. The van der Waals surface area contributed by atoms with Crippen molar-refractivity contribution in [3.8, 4) is 0 Å². The van der Waals surface area contributed by atoms with Crippen LogP contribution in [0.3, 0.4) is 0 Å². The van der Waals surface area contributed by atoms with Crippen LogP contribution in [-0.2, 0) is 9.84 Å². The Hall–Kier alpha value is -0.870. The van der Waals surface area contributed by atoms with E-state index in [-0.39, 0.29) is 11.8 Å². The molecule has 1 aromatic carbocycles. The summed E-state index contributed by atoms with van der Waals surface area (Å²) in [5.41, 5.74) is 8.74. The molecule has 0 spiro atoms. The van der Waals surface area contributed by atoms with E-state index in [1.807, 2.05) is 26.0 Å². The molecule has 4 heteroatoms. The van der Waals surface area contributed by atoms with Crippen molar-refractivity contribution < 1.29 is 8.42 Å². The lowest BCUT2D eigenvalue weighted by molar-refractivity contribution is 0.593. The van der Waals surface area contributed by atoms with Crippen molar-refractivity contribution in [2.24, 2.45) is 5.73 Å². The second-order valence-corrected chi connectivity index (χ2v) is 6.61. The highest BCUT2D eigenvalue weighted by Crippen LogP contribution is 2.32. The Morgan fingerprint density at radius 2 is 2.00 bits per heavy atom. The summed E-state index contributed by atoms with van der Waals surface area (Å²) in [5.74, 6) is 0.220. The molecule has 0 radical (unpaired) electrons. The molecule has 1 unspecified atom stereocenters. The van der Waals surface area contributed by atoms with E-state index in [1.54, 1.807) is 0 Å². The van der Waals surface area contributed by atoms with Gasteiger partial charge in [0.2, 0.25) is 0 Å². The monoisotopic (exact) mass is 239 g/mol. The van der Waals surface area contributed by atoms with E-state index in [0.29, 0.717) is 11.3 Å². The van der Waals surface area contributed by atoms with Crippen LogP contribution in [0.4, 0.5) is 0 Å². The lowest BCUT2D eigenvalue weighted by atomic mass is 9.99. The highest BCUT2D eigenvalue weighted by molar-refractivity contribution is 7.91. The minimum Gasteiger partial charge on any atom is -0.324 e. The van der Waals surface area contributed by atoms with Gasteiger partial charge in [-0.2, -0.15) is 0 Å². The first-order valence-electron chi connectivity index (χ1n) is 5.51. The molecule has 0 saturated heterocycles. The zero-order valence-corrected chi connectivity index (χ0v) is 10.5. The van der Waals surface area contributed by atoms with E-state index in [0.717, 1.165) is 23.1 Å². The molecule has 16 heavy (non-hydrogen) atoms. The van der Waals surface area contributed by atoms with Crippen LogP contribution in [0.1, 0.15) is 35.6 Å². The molecule has 1 heterocycles. The molecule has 0 amide bonds. The molecular formula is C12H17NO2S. The number of nitrogens with two attached hydrogens (primary N) is 1. The van der Waals surface area contributed by atoms with Gasteiger partial charge in [-0.3, -0.25) is 0 Å². The number of hydrogen-bond donors (Lipinski definition) is 1. The standard InChI is InChI=1S/C12H17NO2S/c1-8-6-9(2)12-10(7-8)11(13)4-3-5-16(12,14)15/h6-7,11H,3-5,13H2,1-2H3. The summed E-state index contributed by atoms with van der Waals surface area (Å²) >= 11 is 0. The Kier molecular flexibility index (Phi) is 2.80. The van der Waals surface area contributed by atoms with Crippen molar-refractivity contribution in [3.05, 3.63) is 28.8 Å². The third-order valence-electron chi connectivity index (χ3n) is 3.09. The molecule has 0 aliphatic carbocycles. The van der Waals surface area contributed by atoms with Crippen LogP contribution in [0, 0.1) is 13.8 Å². The van der Waals surface area contributed by atoms with E-state index >= 15 is 0 Å². The Morgan fingerprint density at radius 1 is 1.31 bits per heavy atom. The van der Waals surface area contributed by atoms with E-state index in [2.05, 4.69) is 0 Å². The maximum Gasteiger partial charge on any atom is 0.178 e. The quantitative estimate of drug-likeness (QED) is 0.752. The van der Waals surface area contributed by atoms with Crippen LogP contribution in [0.5, 0.6) is 0 Å². The van der Waals surface area contributed by atoms with E-state index in [1.165, 1.54) is 0 Å². The fourth-order valence-corrected chi connectivity index (χ4v) is 4.31. The fourth-order valence-electron chi connectivity index (χ4n) is 2.44. The average molecular weight is 239 g/mol. The summed E-state index contributed by atoms with van der Waals surface area (Å²) in [7, 11) is -3.14. The molecule has 88 valence electrons. The van der Waals surface area contributed by atoms with Crippen LogP contribution in [-0.4, -0.2) is 14.2 Å². The largest absolute Gasteiger partial charge is 0.324 e. The summed E-state index contributed by atoms with van der Waals surface area (Å²) < 4.78 is 24.2. The van der Waals surface area contributed by atoms with Crippen molar-refractivity contribution in [1.82, 2.24) is 0 Å². The molecule has 0 bridgehead atoms. The normalized spacial score (nSPS) is 23.6. The van der Waals surface area contributed by atoms with Gasteiger partial charge in [-0.1, -0.05) is 17.7 Å². The lowest BCUT2D eigenvalue weighted by Gasteiger charge is -2.15. The van der Waals surface area contributed by atoms with Crippen LogP contribution in [0.25, 0.3) is 0 Å². The summed E-state index contributed by atoms with van der Waals surface area (Å²) in [6.45, 7) is 3.82. The third-order valence-corrected chi connectivity index (χ3v) is 5.09. The number of fused-ring (bicyclic) bond motifs is 1. The molecule has 1 aliphatic rings. The smallest absolute Gasteiger partial charge is 0.178 e. The second kappa shape index (κ2) is 3.86. The van der Waals surface area contributed by atoms with Gasteiger partial charge in [-0.15, -0.1) is 0 Å². The van der Waals surface area contributed by atoms with Crippen LogP contribution >= 0.6 is 0 Å². The molecule has 0 aromatic heterocycles. The number of rotatable bonds is 0. The minimum absolute atomic E-state index is 0.147. The molecule has 1 aromatic rings. The van der Waals surface area contributed by atoms with Gasteiger partial charge in [0.15, 0.2) is 9.84 Å². The van der Waals surface area contributed by atoms with Crippen LogP contribution < -0.4 is 5.73 Å². The van der Waals surface area contributed by atoms with Gasteiger partial charge in [-0.05, 0) is 37.8 Å². The first-order chi connectivity index (χ1) is 7.42. The summed E-state index contributed by atoms with van der Waals surface area (Å²) in [5, 5.41) is 0. The van der Waals surface area contributed by atoms with Gasteiger partial charge in [0.05, 0.1) is 10.6 Å². The molecule has 2 rings (SSSR count). The zero-order valence-electron chi connectivity index (χ0n) is 9.66. The maximum absolute atomic E-state index is 12.1.